The van der Waals surface area contributed by atoms with Crippen LogP contribution in [0.5, 0.6) is 5.75 Å². The summed E-state index contributed by atoms with van der Waals surface area (Å²) in [4.78, 5) is 26.2. The zero-order valence-corrected chi connectivity index (χ0v) is 19.9. The number of ether oxygens (including phenoxy) is 1. The predicted octanol–water partition coefficient (Wildman–Crippen LogP) is 6.76. The van der Waals surface area contributed by atoms with E-state index in [0.29, 0.717) is 39.2 Å². The average molecular weight is 489 g/mol. The number of nitrogens with one attached hydrogen (secondary N) is 2. The van der Waals surface area contributed by atoms with Crippen LogP contribution >= 0.6 is 35.0 Å². The van der Waals surface area contributed by atoms with Crippen molar-refractivity contribution in [2.24, 2.45) is 0 Å². The van der Waals surface area contributed by atoms with E-state index in [1.165, 1.54) is 11.8 Å². The Morgan fingerprint density at radius 3 is 2.44 bits per heavy atom. The maximum Gasteiger partial charge on any atom is 0.255 e. The van der Waals surface area contributed by atoms with E-state index < -0.39 is 0 Å². The summed E-state index contributed by atoms with van der Waals surface area (Å²) in [5, 5.41) is 6.29. The normalized spacial score (nSPS) is 11.5. The van der Waals surface area contributed by atoms with Crippen molar-refractivity contribution in [1.82, 2.24) is 0 Å². The van der Waals surface area contributed by atoms with Gasteiger partial charge in [-0.1, -0.05) is 36.2 Å². The highest BCUT2D eigenvalue weighted by Gasteiger charge is 2.19. The van der Waals surface area contributed by atoms with Gasteiger partial charge in [0.2, 0.25) is 5.91 Å². The van der Waals surface area contributed by atoms with Crippen molar-refractivity contribution in [1.29, 1.82) is 0 Å². The summed E-state index contributed by atoms with van der Waals surface area (Å²) < 4.78 is 5.12. The summed E-state index contributed by atoms with van der Waals surface area (Å²) in [7, 11) is 1.58. The molecule has 5 nitrogen and oxygen atoms in total. The average Bonchev–Trinajstić information content (AvgIpc) is 2.80. The SMILES string of the molecule is CCC(Sc1cccc(NC(=O)c2ccc(OC)cc2)c1)C(=O)Nc1cc(Cl)ccc1Cl. The van der Waals surface area contributed by atoms with Gasteiger partial charge in [0.15, 0.2) is 0 Å². The molecule has 32 heavy (non-hydrogen) atoms. The second-order valence-electron chi connectivity index (χ2n) is 6.84. The summed E-state index contributed by atoms with van der Waals surface area (Å²) in [6, 6.07) is 19.2. The highest BCUT2D eigenvalue weighted by Crippen LogP contribution is 2.31. The van der Waals surface area contributed by atoms with Gasteiger partial charge in [0.25, 0.3) is 5.91 Å². The minimum Gasteiger partial charge on any atom is -0.497 e. The molecule has 0 saturated carbocycles. The first-order chi connectivity index (χ1) is 15.4. The molecule has 8 heteroatoms. The van der Waals surface area contributed by atoms with E-state index in [9.17, 15) is 9.59 Å². The Morgan fingerprint density at radius 2 is 1.75 bits per heavy atom. The van der Waals surface area contributed by atoms with Crippen LogP contribution in [0.25, 0.3) is 0 Å². The number of carbonyl (C=O) groups excluding carboxylic acids is 2. The molecule has 0 radical (unpaired) electrons. The van der Waals surface area contributed by atoms with Gasteiger partial charge in [-0.3, -0.25) is 9.59 Å². The lowest BCUT2D eigenvalue weighted by Gasteiger charge is -2.16. The first-order valence-electron chi connectivity index (χ1n) is 9.87. The van der Waals surface area contributed by atoms with E-state index in [1.807, 2.05) is 25.1 Å². The van der Waals surface area contributed by atoms with Gasteiger partial charge in [0, 0.05) is 21.2 Å². The molecule has 0 aliphatic rings. The highest BCUT2D eigenvalue weighted by atomic mass is 35.5. The number of hydrogen-bond acceptors (Lipinski definition) is 4. The van der Waals surface area contributed by atoms with Crippen LogP contribution in [0.15, 0.2) is 71.6 Å². The Morgan fingerprint density at radius 1 is 1.00 bits per heavy atom. The van der Waals surface area contributed by atoms with Crippen LogP contribution in [0.2, 0.25) is 10.0 Å². The van der Waals surface area contributed by atoms with Gasteiger partial charge in [-0.2, -0.15) is 0 Å². The fourth-order valence-corrected chi connectivity index (χ4v) is 4.24. The summed E-state index contributed by atoms with van der Waals surface area (Å²) in [5.74, 6) is 0.285. The van der Waals surface area contributed by atoms with Crippen LogP contribution in [-0.2, 0) is 4.79 Å². The van der Waals surface area contributed by atoms with Crippen molar-refractivity contribution in [2.45, 2.75) is 23.5 Å². The lowest BCUT2D eigenvalue weighted by Crippen LogP contribution is -2.24. The second kappa shape index (κ2) is 11.3. The van der Waals surface area contributed by atoms with Crippen LogP contribution in [-0.4, -0.2) is 24.2 Å². The Labute approximate surface area is 201 Å². The minimum atomic E-state index is -0.349. The van der Waals surface area contributed by atoms with Gasteiger partial charge in [-0.05, 0) is 67.1 Å². The monoisotopic (exact) mass is 488 g/mol. The predicted molar refractivity (Wildman–Crippen MR) is 132 cm³/mol. The lowest BCUT2D eigenvalue weighted by atomic mass is 10.2. The molecule has 0 fully saturated rings. The molecule has 0 aromatic heterocycles. The molecule has 0 heterocycles. The fourth-order valence-electron chi connectivity index (χ4n) is 2.89. The number of anilines is 2. The van der Waals surface area contributed by atoms with Crippen LogP contribution in [0.1, 0.15) is 23.7 Å². The molecule has 0 aliphatic carbocycles. The number of thioether (sulfide) groups is 1. The number of rotatable bonds is 8. The molecule has 2 amide bonds. The summed E-state index contributed by atoms with van der Waals surface area (Å²) >= 11 is 13.6. The fraction of sp³-hybridized carbons (Fsp3) is 0.167. The molecule has 1 atom stereocenters. The van der Waals surface area contributed by atoms with Crippen LogP contribution in [0, 0.1) is 0 Å². The van der Waals surface area contributed by atoms with Crippen LogP contribution in [0.4, 0.5) is 11.4 Å². The summed E-state index contributed by atoms with van der Waals surface area (Å²) in [6.07, 6.45) is 0.608. The number of carbonyl (C=O) groups is 2. The third-order valence-corrected chi connectivity index (χ3v) is 6.49. The molecule has 2 N–H and O–H groups in total. The van der Waals surface area contributed by atoms with Gasteiger partial charge in [-0.15, -0.1) is 11.8 Å². The molecule has 3 aromatic carbocycles. The van der Waals surface area contributed by atoms with Gasteiger partial charge in [0.1, 0.15) is 5.75 Å². The van der Waals surface area contributed by atoms with Crippen molar-refractivity contribution in [3.8, 4) is 5.75 Å². The third kappa shape index (κ3) is 6.42. The van der Waals surface area contributed by atoms with E-state index in [2.05, 4.69) is 10.6 Å². The molecule has 166 valence electrons. The molecule has 0 aliphatic heterocycles. The first-order valence-corrected chi connectivity index (χ1v) is 11.5. The topological polar surface area (TPSA) is 67.4 Å². The van der Waals surface area contributed by atoms with E-state index in [1.54, 1.807) is 55.6 Å². The zero-order valence-electron chi connectivity index (χ0n) is 17.5. The summed E-state index contributed by atoms with van der Waals surface area (Å²) in [5.41, 5.74) is 1.64. The zero-order chi connectivity index (χ0) is 23.1. The minimum absolute atomic E-state index is 0.172. The molecule has 1 unspecified atom stereocenters. The highest BCUT2D eigenvalue weighted by molar-refractivity contribution is 8.00. The number of methoxy groups -OCH3 is 1. The molecule has 0 bridgehead atoms. The number of hydrogen-bond donors (Lipinski definition) is 2. The quantitative estimate of drug-likeness (QED) is 0.343. The molecular formula is C24H22Cl2N2O3S. The van der Waals surface area contributed by atoms with E-state index >= 15 is 0 Å². The Bertz CT molecular complexity index is 1110. The molecular weight excluding hydrogens is 467 g/mol. The summed E-state index contributed by atoms with van der Waals surface area (Å²) in [6.45, 7) is 1.94. The molecule has 0 saturated heterocycles. The van der Waals surface area contributed by atoms with Gasteiger partial charge >= 0.3 is 0 Å². The number of halogens is 2. The molecule has 3 aromatic rings. The first kappa shape index (κ1) is 24.0. The third-order valence-electron chi connectivity index (χ3n) is 4.57. The maximum absolute atomic E-state index is 12.8. The Hall–Kier alpha value is -2.67. The standard InChI is InChI=1S/C24H22Cl2N2O3S/c1-3-22(24(30)28-21-13-16(25)9-12-20(21)26)32-19-6-4-5-17(14-19)27-23(29)15-7-10-18(31-2)11-8-15/h4-14,22H,3H2,1-2H3,(H,27,29)(H,28,30). The van der Waals surface area contributed by atoms with Crippen LogP contribution < -0.4 is 15.4 Å². The Kier molecular flexibility index (Phi) is 8.45. The van der Waals surface area contributed by atoms with Crippen molar-refractivity contribution in [3.63, 3.8) is 0 Å². The van der Waals surface area contributed by atoms with Crippen molar-refractivity contribution in [2.75, 3.05) is 17.7 Å². The Balaban J connectivity index is 1.67. The van der Waals surface area contributed by atoms with Crippen molar-refractivity contribution in [3.05, 3.63) is 82.3 Å². The van der Waals surface area contributed by atoms with E-state index in [4.69, 9.17) is 27.9 Å². The lowest BCUT2D eigenvalue weighted by molar-refractivity contribution is -0.115. The van der Waals surface area contributed by atoms with Gasteiger partial charge in [-0.25, -0.2) is 0 Å². The van der Waals surface area contributed by atoms with Crippen molar-refractivity contribution < 1.29 is 14.3 Å². The second-order valence-corrected chi connectivity index (χ2v) is 8.96. The maximum atomic E-state index is 12.8. The number of benzene rings is 3. The van der Waals surface area contributed by atoms with E-state index in [0.717, 1.165) is 4.90 Å². The van der Waals surface area contributed by atoms with Crippen molar-refractivity contribution >= 4 is 58.2 Å². The smallest absolute Gasteiger partial charge is 0.255 e. The largest absolute Gasteiger partial charge is 0.497 e. The molecule has 3 rings (SSSR count). The number of amides is 2. The van der Waals surface area contributed by atoms with E-state index in [-0.39, 0.29) is 17.1 Å². The van der Waals surface area contributed by atoms with Gasteiger partial charge in [0.05, 0.1) is 23.1 Å². The van der Waals surface area contributed by atoms with Crippen LogP contribution in [0.3, 0.4) is 0 Å². The molecule has 0 spiro atoms. The van der Waals surface area contributed by atoms with Gasteiger partial charge < -0.3 is 15.4 Å².